The summed E-state index contributed by atoms with van der Waals surface area (Å²) in [4.78, 5) is 23.7. The summed E-state index contributed by atoms with van der Waals surface area (Å²) < 4.78 is 15.6. The van der Waals surface area contributed by atoms with E-state index >= 15 is 0 Å². The smallest absolute Gasteiger partial charge is 0.343 e. The van der Waals surface area contributed by atoms with Crippen molar-refractivity contribution >= 4 is 11.8 Å². The van der Waals surface area contributed by atoms with Gasteiger partial charge < -0.3 is 14.2 Å². The van der Waals surface area contributed by atoms with Crippen LogP contribution in [-0.2, 0) is 24.7 Å². The van der Waals surface area contributed by atoms with Gasteiger partial charge in [-0.3, -0.25) is 4.79 Å². The van der Waals surface area contributed by atoms with Gasteiger partial charge in [0.25, 0.3) is 0 Å². The zero-order valence-corrected chi connectivity index (χ0v) is 11.2. The summed E-state index contributed by atoms with van der Waals surface area (Å²) in [5.74, 6) is -0.207. The number of carbonyl (C=O) groups excluding carboxylic acids is 2. The van der Waals surface area contributed by atoms with Crippen molar-refractivity contribution in [1.82, 2.24) is 0 Å². The molecule has 5 heteroatoms. The molecule has 5 nitrogen and oxygen atoms in total. The first-order chi connectivity index (χ1) is 9.03. The van der Waals surface area contributed by atoms with E-state index in [0.29, 0.717) is 11.3 Å². The van der Waals surface area contributed by atoms with Crippen LogP contribution in [0.15, 0.2) is 18.2 Å². The Morgan fingerprint density at radius 3 is 2.63 bits per heavy atom. The molecule has 2 rings (SSSR count). The van der Waals surface area contributed by atoms with E-state index < -0.39 is 11.6 Å². The van der Waals surface area contributed by atoms with E-state index in [1.807, 2.05) is 13.0 Å². The number of ether oxygens (including phenoxy) is 3. The number of hydrogen-bond donors (Lipinski definition) is 0. The van der Waals surface area contributed by atoms with Crippen LogP contribution in [0.5, 0.6) is 5.75 Å². The average molecular weight is 264 g/mol. The molecule has 1 saturated heterocycles. The number of Topliss-reactive ketones (excluding diaryl/α,β-unsaturated/α-hetero) is 1. The number of benzene rings is 1. The van der Waals surface area contributed by atoms with E-state index in [-0.39, 0.29) is 18.8 Å². The highest BCUT2D eigenvalue weighted by molar-refractivity contribution is 5.94. The first kappa shape index (κ1) is 13.5. The third kappa shape index (κ3) is 2.21. The van der Waals surface area contributed by atoms with Crippen molar-refractivity contribution in [2.75, 3.05) is 20.8 Å². The Hall–Kier alpha value is -1.88. The zero-order valence-electron chi connectivity index (χ0n) is 11.2. The maximum atomic E-state index is 12.1. The minimum Gasteiger partial charge on any atom is -0.496 e. The van der Waals surface area contributed by atoms with Gasteiger partial charge in [0.2, 0.25) is 5.60 Å². The molecular formula is C14H16O5. The molecule has 1 aromatic carbocycles. The molecule has 0 amide bonds. The first-order valence-electron chi connectivity index (χ1n) is 5.92. The standard InChI is InChI=1S/C14H16O5/c1-9-4-5-12(17-2)11(6-9)14(13(16)18-3)7-10(15)8-19-14/h4-6H,7-8H2,1-3H3/t14-/m0/s1. The molecule has 19 heavy (non-hydrogen) atoms. The number of methoxy groups -OCH3 is 2. The van der Waals surface area contributed by atoms with Crippen LogP contribution in [0.2, 0.25) is 0 Å². The van der Waals surface area contributed by atoms with Gasteiger partial charge in [-0.05, 0) is 19.1 Å². The van der Waals surface area contributed by atoms with Crippen LogP contribution in [0.3, 0.4) is 0 Å². The Morgan fingerprint density at radius 2 is 2.11 bits per heavy atom. The van der Waals surface area contributed by atoms with Crippen LogP contribution in [0.1, 0.15) is 17.5 Å². The van der Waals surface area contributed by atoms with Crippen molar-refractivity contribution in [3.8, 4) is 5.75 Å². The molecule has 1 aromatic rings. The quantitative estimate of drug-likeness (QED) is 0.771. The molecule has 1 aliphatic rings. The highest BCUT2D eigenvalue weighted by Crippen LogP contribution is 2.41. The van der Waals surface area contributed by atoms with Gasteiger partial charge in [-0.25, -0.2) is 4.79 Å². The molecule has 0 unspecified atom stereocenters. The van der Waals surface area contributed by atoms with Gasteiger partial charge in [-0.15, -0.1) is 0 Å². The minimum absolute atomic E-state index is 0.0283. The predicted octanol–water partition coefficient (Wildman–Crippen LogP) is 1.36. The second-order valence-corrected chi connectivity index (χ2v) is 4.53. The van der Waals surface area contributed by atoms with E-state index in [9.17, 15) is 9.59 Å². The fraction of sp³-hybridized carbons (Fsp3) is 0.429. The monoisotopic (exact) mass is 264 g/mol. The van der Waals surface area contributed by atoms with Gasteiger partial charge in [0, 0.05) is 5.56 Å². The van der Waals surface area contributed by atoms with Crippen LogP contribution >= 0.6 is 0 Å². The SMILES string of the molecule is COC(=O)[C@@]1(c2cc(C)ccc2OC)CC(=O)CO1. The van der Waals surface area contributed by atoms with Crippen LogP contribution in [0.4, 0.5) is 0 Å². The molecule has 0 bridgehead atoms. The maximum absolute atomic E-state index is 12.1. The van der Waals surface area contributed by atoms with Gasteiger partial charge in [0.05, 0.1) is 20.6 Å². The lowest BCUT2D eigenvalue weighted by molar-refractivity contribution is -0.165. The molecule has 1 atom stereocenters. The number of rotatable bonds is 3. The molecule has 1 fully saturated rings. The van der Waals surface area contributed by atoms with Crippen LogP contribution in [0, 0.1) is 6.92 Å². The van der Waals surface area contributed by atoms with E-state index in [4.69, 9.17) is 14.2 Å². The van der Waals surface area contributed by atoms with Crippen LogP contribution < -0.4 is 4.74 Å². The average Bonchev–Trinajstić information content (AvgIpc) is 2.81. The third-order valence-electron chi connectivity index (χ3n) is 3.23. The van der Waals surface area contributed by atoms with Crippen molar-refractivity contribution in [3.63, 3.8) is 0 Å². The summed E-state index contributed by atoms with van der Waals surface area (Å²) in [6, 6.07) is 5.40. The minimum atomic E-state index is -1.39. The third-order valence-corrected chi connectivity index (χ3v) is 3.23. The highest BCUT2D eigenvalue weighted by atomic mass is 16.6. The maximum Gasteiger partial charge on any atom is 0.343 e. The predicted molar refractivity (Wildman–Crippen MR) is 67.0 cm³/mol. The summed E-state index contributed by atoms with van der Waals surface area (Å²) in [6.45, 7) is 1.80. The van der Waals surface area contributed by atoms with Gasteiger partial charge in [0.15, 0.2) is 5.78 Å². The summed E-state index contributed by atoms with van der Waals surface area (Å²) in [6.07, 6.45) is -0.0283. The second-order valence-electron chi connectivity index (χ2n) is 4.53. The molecular weight excluding hydrogens is 248 g/mol. The first-order valence-corrected chi connectivity index (χ1v) is 5.92. The lowest BCUT2D eigenvalue weighted by Crippen LogP contribution is -2.37. The number of carbonyl (C=O) groups is 2. The Labute approximate surface area is 111 Å². The molecule has 0 aromatic heterocycles. The lowest BCUT2D eigenvalue weighted by atomic mass is 9.88. The zero-order chi connectivity index (χ0) is 14.0. The van der Waals surface area contributed by atoms with E-state index in [1.165, 1.54) is 14.2 Å². The van der Waals surface area contributed by atoms with Crippen molar-refractivity contribution < 1.29 is 23.8 Å². The normalized spacial score (nSPS) is 22.4. The van der Waals surface area contributed by atoms with Crippen LogP contribution in [-0.4, -0.2) is 32.6 Å². The number of hydrogen-bond acceptors (Lipinski definition) is 5. The molecule has 1 heterocycles. The Morgan fingerprint density at radius 1 is 1.37 bits per heavy atom. The fourth-order valence-corrected chi connectivity index (χ4v) is 2.30. The van der Waals surface area contributed by atoms with Gasteiger partial charge >= 0.3 is 5.97 Å². The fourth-order valence-electron chi connectivity index (χ4n) is 2.30. The summed E-state index contributed by atoms with van der Waals surface area (Å²) in [5.41, 5.74) is 0.0955. The molecule has 0 saturated carbocycles. The van der Waals surface area contributed by atoms with Gasteiger partial charge in [0.1, 0.15) is 12.4 Å². The molecule has 1 aliphatic heterocycles. The largest absolute Gasteiger partial charge is 0.496 e. The topological polar surface area (TPSA) is 61.8 Å². The molecule has 102 valence electrons. The second kappa shape index (κ2) is 5.01. The number of esters is 1. The summed E-state index contributed by atoms with van der Waals surface area (Å²) in [7, 11) is 2.79. The van der Waals surface area contributed by atoms with Gasteiger partial charge in [-0.1, -0.05) is 11.6 Å². The Balaban J connectivity index is 2.59. The van der Waals surface area contributed by atoms with E-state index in [1.54, 1.807) is 12.1 Å². The van der Waals surface area contributed by atoms with Crippen molar-refractivity contribution in [1.29, 1.82) is 0 Å². The molecule has 0 spiro atoms. The summed E-state index contributed by atoms with van der Waals surface area (Å²) in [5, 5.41) is 0. The van der Waals surface area contributed by atoms with Crippen molar-refractivity contribution in [2.24, 2.45) is 0 Å². The molecule has 0 radical (unpaired) electrons. The van der Waals surface area contributed by atoms with E-state index in [2.05, 4.69) is 0 Å². The lowest BCUT2D eigenvalue weighted by Gasteiger charge is -2.26. The van der Waals surface area contributed by atoms with Crippen molar-refractivity contribution in [3.05, 3.63) is 29.3 Å². The highest BCUT2D eigenvalue weighted by Gasteiger charge is 2.50. The number of aryl methyl sites for hydroxylation is 1. The van der Waals surface area contributed by atoms with Crippen LogP contribution in [0.25, 0.3) is 0 Å². The molecule has 0 aliphatic carbocycles. The number of ketones is 1. The summed E-state index contributed by atoms with van der Waals surface area (Å²) >= 11 is 0. The molecule has 0 N–H and O–H groups in total. The van der Waals surface area contributed by atoms with Crippen molar-refractivity contribution in [2.45, 2.75) is 18.9 Å². The van der Waals surface area contributed by atoms with Gasteiger partial charge in [-0.2, -0.15) is 0 Å². The Kier molecular flexibility index (Phi) is 3.57. The van der Waals surface area contributed by atoms with E-state index in [0.717, 1.165) is 5.56 Å². The Bertz CT molecular complexity index is 523.